The van der Waals surface area contributed by atoms with Crippen molar-refractivity contribution in [1.29, 1.82) is 0 Å². The van der Waals surface area contributed by atoms with Gasteiger partial charge in [-0.1, -0.05) is 0 Å². The van der Waals surface area contributed by atoms with E-state index < -0.39 is 5.60 Å². The molecule has 3 aromatic rings. The second-order valence-corrected chi connectivity index (χ2v) is 12.1. The van der Waals surface area contributed by atoms with Gasteiger partial charge in [-0.05, 0) is 108 Å². The summed E-state index contributed by atoms with van der Waals surface area (Å²) in [5.41, 5.74) is 3.77. The number of piperidine rings is 1. The summed E-state index contributed by atoms with van der Waals surface area (Å²) >= 11 is 0. The van der Waals surface area contributed by atoms with Crippen molar-refractivity contribution < 1.29 is 5.11 Å². The zero-order valence-corrected chi connectivity index (χ0v) is 21.3. The first kappa shape index (κ1) is 22.5. The van der Waals surface area contributed by atoms with Crippen LogP contribution in [-0.4, -0.2) is 61.3 Å². The number of fused-ring (bicyclic) bond motifs is 1. The first-order valence-electron chi connectivity index (χ1n) is 13.7. The van der Waals surface area contributed by atoms with Crippen LogP contribution in [-0.2, 0) is 0 Å². The van der Waals surface area contributed by atoms with Gasteiger partial charge in [-0.3, -0.25) is 0 Å². The van der Waals surface area contributed by atoms with Gasteiger partial charge in [0.05, 0.1) is 23.0 Å². The van der Waals surface area contributed by atoms with Crippen LogP contribution in [0.5, 0.6) is 0 Å². The van der Waals surface area contributed by atoms with Crippen molar-refractivity contribution >= 4 is 28.5 Å². The number of hydrogen-bond acceptors (Lipinski definition) is 7. The third kappa shape index (κ3) is 3.95. The second-order valence-electron chi connectivity index (χ2n) is 12.1. The number of nitrogens with zero attached hydrogens (tertiary/aromatic N) is 5. The van der Waals surface area contributed by atoms with E-state index >= 15 is 0 Å². The van der Waals surface area contributed by atoms with E-state index in [-0.39, 0.29) is 0 Å². The topological polar surface area (TPSA) is 91.1 Å². The molecule has 4 bridgehead atoms. The monoisotopic (exact) mass is 487 g/mol. The molecule has 8 heteroatoms. The van der Waals surface area contributed by atoms with E-state index in [4.69, 9.17) is 9.97 Å². The highest BCUT2D eigenvalue weighted by atomic mass is 16.3. The maximum atomic E-state index is 10.9. The van der Waals surface area contributed by atoms with Crippen LogP contribution in [0.4, 0.5) is 17.5 Å². The zero-order valence-electron chi connectivity index (χ0n) is 21.3. The second kappa shape index (κ2) is 8.42. The van der Waals surface area contributed by atoms with Crippen molar-refractivity contribution in [2.24, 2.45) is 17.8 Å². The van der Waals surface area contributed by atoms with E-state index in [1.165, 1.54) is 18.4 Å². The first-order chi connectivity index (χ1) is 17.4. The van der Waals surface area contributed by atoms with Gasteiger partial charge in [0, 0.05) is 29.5 Å². The molecule has 8 nitrogen and oxygen atoms in total. The van der Waals surface area contributed by atoms with Gasteiger partial charge < -0.3 is 25.2 Å². The van der Waals surface area contributed by atoms with Crippen LogP contribution >= 0.6 is 0 Å². The van der Waals surface area contributed by atoms with Crippen LogP contribution in [0, 0.1) is 24.7 Å². The predicted molar refractivity (Wildman–Crippen MR) is 141 cm³/mol. The lowest BCUT2D eigenvalue weighted by molar-refractivity contribution is -0.129. The smallest absolute Gasteiger partial charge is 0.229 e. The van der Waals surface area contributed by atoms with Crippen molar-refractivity contribution in [2.75, 3.05) is 30.8 Å². The Morgan fingerprint density at radius 3 is 2.58 bits per heavy atom. The van der Waals surface area contributed by atoms with E-state index in [0.717, 1.165) is 67.8 Å². The van der Waals surface area contributed by atoms with E-state index in [0.29, 0.717) is 35.8 Å². The first-order valence-corrected chi connectivity index (χ1v) is 13.7. The lowest BCUT2D eigenvalue weighted by atomic mass is 9.52. The van der Waals surface area contributed by atoms with E-state index in [9.17, 15) is 5.11 Å². The molecule has 5 fully saturated rings. The molecule has 1 aliphatic heterocycles. The Hall–Kier alpha value is -2.71. The van der Waals surface area contributed by atoms with E-state index in [1.807, 2.05) is 12.5 Å². The lowest BCUT2D eigenvalue weighted by Gasteiger charge is -2.58. The highest BCUT2D eigenvalue weighted by Gasteiger charge is 2.54. The fraction of sp³-hybridized carbons (Fsp3) is 0.607. The summed E-state index contributed by atoms with van der Waals surface area (Å²) in [5.74, 6) is 3.28. The number of imidazole rings is 1. The molecule has 36 heavy (non-hydrogen) atoms. The number of benzene rings is 1. The molecule has 190 valence electrons. The Morgan fingerprint density at radius 1 is 1.06 bits per heavy atom. The lowest BCUT2D eigenvalue weighted by Crippen LogP contribution is -2.59. The van der Waals surface area contributed by atoms with Gasteiger partial charge in [0.2, 0.25) is 5.95 Å². The number of rotatable bonds is 5. The molecule has 0 amide bonds. The highest BCUT2D eigenvalue weighted by molar-refractivity contribution is 5.80. The Labute approximate surface area is 212 Å². The van der Waals surface area contributed by atoms with Crippen LogP contribution in [0.25, 0.3) is 11.0 Å². The largest absolute Gasteiger partial charge is 0.390 e. The molecule has 3 heterocycles. The van der Waals surface area contributed by atoms with Crippen molar-refractivity contribution in [2.45, 2.75) is 69.6 Å². The molecule has 2 atom stereocenters. The van der Waals surface area contributed by atoms with Crippen LogP contribution in [0.15, 0.2) is 30.7 Å². The summed E-state index contributed by atoms with van der Waals surface area (Å²) in [6.07, 6.45) is 11.5. The molecule has 4 aliphatic carbocycles. The summed E-state index contributed by atoms with van der Waals surface area (Å²) in [7, 11) is 2.20. The van der Waals surface area contributed by atoms with E-state index in [1.54, 1.807) is 0 Å². The summed E-state index contributed by atoms with van der Waals surface area (Å²) < 4.78 is 2.35. The molecular weight excluding hydrogens is 450 g/mol. The van der Waals surface area contributed by atoms with Crippen LogP contribution in [0.2, 0.25) is 0 Å². The number of nitrogens with one attached hydrogen (secondary N) is 2. The number of anilines is 3. The fourth-order valence-corrected chi connectivity index (χ4v) is 7.83. The van der Waals surface area contributed by atoms with Crippen molar-refractivity contribution in [1.82, 2.24) is 24.4 Å². The molecule has 8 rings (SSSR count). The Morgan fingerprint density at radius 2 is 1.83 bits per heavy atom. The minimum absolute atomic E-state index is 0.392. The Balaban J connectivity index is 1.08. The molecule has 2 aromatic heterocycles. The number of aliphatic hydroxyl groups is 1. The molecule has 2 unspecified atom stereocenters. The Bertz CT molecular complexity index is 1260. The Kier molecular flexibility index (Phi) is 5.26. The summed E-state index contributed by atoms with van der Waals surface area (Å²) in [4.78, 5) is 16.5. The average molecular weight is 488 g/mol. The molecule has 4 saturated carbocycles. The van der Waals surface area contributed by atoms with Gasteiger partial charge in [-0.25, -0.2) is 9.97 Å². The van der Waals surface area contributed by atoms with Gasteiger partial charge in [-0.2, -0.15) is 4.98 Å². The molecule has 3 N–H and O–H groups in total. The maximum Gasteiger partial charge on any atom is 0.229 e. The minimum Gasteiger partial charge on any atom is -0.390 e. The molecular formula is C28H37N7O. The van der Waals surface area contributed by atoms with Crippen LogP contribution in [0.3, 0.4) is 0 Å². The molecule has 0 spiro atoms. The van der Waals surface area contributed by atoms with Crippen molar-refractivity contribution in [3.05, 3.63) is 36.3 Å². The molecule has 0 radical (unpaired) electrons. The SMILES string of the molecule is Cc1cnc(Nc2ccc3c(c2)ncn3C2CCN(C)CC2)nc1NC1C2CC3CC1CC(O)(C3)C2. The van der Waals surface area contributed by atoms with Gasteiger partial charge in [-0.15, -0.1) is 0 Å². The standard InChI is InChI=1S/C28H37N7O/c1-17-15-29-27(33-26(17)32-25-19-9-18-10-20(25)14-28(36,12-18)13-19)31-21-3-4-24-23(11-21)30-16-35(24)22-5-7-34(2)8-6-22/h3-4,11,15-16,18-20,22,25,36H,5-10,12-14H2,1-2H3,(H2,29,31,32,33). The summed E-state index contributed by atoms with van der Waals surface area (Å²) in [5, 5.41) is 18.1. The quantitative estimate of drug-likeness (QED) is 0.488. The predicted octanol–water partition coefficient (Wildman–Crippen LogP) is 4.50. The average Bonchev–Trinajstić information content (AvgIpc) is 3.26. The molecule has 1 saturated heterocycles. The number of aromatic nitrogens is 4. The zero-order chi connectivity index (χ0) is 24.4. The minimum atomic E-state index is -0.416. The third-order valence-corrected chi connectivity index (χ3v) is 9.43. The normalized spacial score (nSPS) is 32.3. The summed E-state index contributed by atoms with van der Waals surface area (Å²) in [6, 6.07) is 7.27. The van der Waals surface area contributed by atoms with Gasteiger partial charge >= 0.3 is 0 Å². The fourth-order valence-electron chi connectivity index (χ4n) is 7.83. The van der Waals surface area contributed by atoms with Crippen molar-refractivity contribution in [3.8, 4) is 0 Å². The highest BCUT2D eigenvalue weighted by Crippen LogP contribution is 2.56. The van der Waals surface area contributed by atoms with Crippen LogP contribution < -0.4 is 10.6 Å². The van der Waals surface area contributed by atoms with Crippen LogP contribution in [0.1, 0.15) is 56.6 Å². The van der Waals surface area contributed by atoms with E-state index in [2.05, 4.69) is 57.3 Å². The van der Waals surface area contributed by atoms with Crippen molar-refractivity contribution in [3.63, 3.8) is 0 Å². The van der Waals surface area contributed by atoms with Gasteiger partial charge in [0.15, 0.2) is 0 Å². The van der Waals surface area contributed by atoms with Gasteiger partial charge in [0.1, 0.15) is 5.82 Å². The summed E-state index contributed by atoms with van der Waals surface area (Å²) in [6.45, 7) is 4.33. The number of likely N-dealkylation sites (tertiary alicyclic amines) is 1. The molecule has 1 aromatic carbocycles. The molecule has 5 aliphatic rings. The van der Waals surface area contributed by atoms with Gasteiger partial charge in [0.25, 0.3) is 0 Å². The third-order valence-electron chi connectivity index (χ3n) is 9.43. The number of hydrogen-bond donors (Lipinski definition) is 3. The number of aryl methyl sites for hydroxylation is 1. The maximum absolute atomic E-state index is 10.9.